The SMILES string of the molecule is O=C(O)c1ccc2cccc(Cl)n2c1=O. The minimum Gasteiger partial charge on any atom is -0.477 e. The summed E-state index contributed by atoms with van der Waals surface area (Å²) in [6, 6.07) is 7.71. The molecule has 0 spiro atoms. The Bertz CT molecular complexity index is 603. The van der Waals surface area contributed by atoms with Crippen LogP contribution in [0, 0.1) is 0 Å². The Labute approximate surface area is 89.3 Å². The molecule has 0 fully saturated rings. The molecule has 0 aromatic carbocycles. The van der Waals surface area contributed by atoms with E-state index in [0.717, 1.165) is 4.40 Å². The molecule has 2 rings (SSSR count). The van der Waals surface area contributed by atoms with Crippen molar-refractivity contribution >= 4 is 23.1 Å². The van der Waals surface area contributed by atoms with Crippen molar-refractivity contribution in [2.24, 2.45) is 0 Å². The molecule has 2 heterocycles. The normalized spacial score (nSPS) is 10.5. The van der Waals surface area contributed by atoms with Gasteiger partial charge in [-0.25, -0.2) is 4.79 Å². The number of rotatable bonds is 1. The Morgan fingerprint density at radius 3 is 2.67 bits per heavy atom. The molecule has 15 heavy (non-hydrogen) atoms. The van der Waals surface area contributed by atoms with E-state index in [-0.39, 0.29) is 10.7 Å². The van der Waals surface area contributed by atoms with E-state index < -0.39 is 11.5 Å². The number of nitrogens with zero attached hydrogens (tertiary/aromatic N) is 1. The van der Waals surface area contributed by atoms with E-state index in [1.54, 1.807) is 12.1 Å². The van der Waals surface area contributed by atoms with Crippen LogP contribution in [0.3, 0.4) is 0 Å². The lowest BCUT2D eigenvalue weighted by atomic mass is 10.2. The van der Waals surface area contributed by atoms with Crippen LogP contribution < -0.4 is 5.56 Å². The molecule has 0 aliphatic rings. The van der Waals surface area contributed by atoms with E-state index in [2.05, 4.69) is 0 Å². The van der Waals surface area contributed by atoms with E-state index >= 15 is 0 Å². The van der Waals surface area contributed by atoms with Gasteiger partial charge in [-0.1, -0.05) is 17.7 Å². The molecule has 0 saturated heterocycles. The van der Waals surface area contributed by atoms with Crippen molar-refractivity contribution in [2.75, 3.05) is 0 Å². The number of hydrogen-bond acceptors (Lipinski definition) is 2. The first kappa shape index (κ1) is 9.73. The van der Waals surface area contributed by atoms with Gasteiger partial charge in [-0.05, 0) is 24.3 Å². The average molecular weight is 224 g/mol. The Hall–Kier alpha value is -1.81. The number of aromatic nitrogens is 1. The lowest BCUT2D eigenvalue weighted by Crippen LogP contribution is -2.21. The molecule has 76 valence electrons. The number of carbonyl (C=O) groups is 1. The van der Waals surface area contributed by atoms with Gasteiger partial charge in [0.15, 0.2) is 0 Å². The van der Waals surface area contributed by atoms with Crippen molar-refractivity contribution in [3.8, 4) is 0 Å². The van der Waals surface area contributed by atoms with Gasteiger partial charge in [-0.15, -0.1) is 0 Å². The second-order valence-corrected chi connectivity index (χ2v) is 3.35. The molecule has 0 radical (unpaired) electrons. The van der Waals surface area contributed by atoms with Gasteiger partial charge in [-0.2, -0.15) is 0 Å². The van der Waals surface area contributed by atoms with Gasteiger partial charge in [0.05, 0.1) is 5.52 Å². The fraction of sp³-hybridized carbons (Fsp3) is 0. The largest absolute Gasteiger partial charge is 0.477 e. The molecule has 0 atom stereocenters. The van der Waals surface area contributed by atoms with E-state index in [1.165, 1.54) is 18.2 Å². The van der Waals surface area contributed by atoms with Gasteiger partial charge in [-0.3, -0.25) is 9.20 Å². The molecule has 1 N–H and O–H groups in total. The number of halogens is 1. The van der Waals surface area contributed by atoms with Crippen molar-refractivity contribution in [2.45, 2.75) is 0 Å². The van der Waals surface area contributed by atoms with E-state index in [9.17, 15) is 9.59 Å². The maximum Gasteiger partial charge on any atom is 0.341 e. The molecule has 0 unspecified atom stereocenters. The third-order valence-corrected chi connectivity index (χ3v) is 2.35. The lowest BCUT2D eigenvalue weighted by molar-refractivity contribution is 0.0695. The Morgan fingerprint density at radius 1 is 1.27 bits per heavy atom. The first-order valence-corrected chi connectivity index (χ1v) is 4.52. The highest BCUT2D eigenvalue weighted by molar-refractivity contribution is 6.29. The number of fused-ring (bicyclic) bond motifs is 1. The fourth-order valence-corrected chi connectivity index (χ4v) is 1.61. The first-order chi connectivity index (χ1) is 7.11. The Morgan fingerprint density at radius 2 is 2.00 bits per heavy atom. The molecule has 2 aromatic heterocycles. The van der Waals surface area contributed by atoms with Gasteiger partial charge >= 0.3 is 5.97 Å². The predicted octanol–water partition coefficient (Wildman–Crippen LogP) is 1.65. The van der Waals surface area contributed by atoms with Gasteiger partial charge in [0.1, 0.15) is 10.7 Å². The smallest absolute Gasteiger partial charge is 0.341 e. The van der Waals surface area contributed by atoms with Crippen LogP contribution in [-0.4, -0.2) is 15.5 Å². The number of carboxylic acid groups (broad SMARTS) is 1. The molecule has 0 amide bonds. The minimum absolute atomic E-state index is 0.195. The van der Waals surface area contributed by atoms with E-state index in [0.29, 0.717) is 5.52 Å². The number of pyridine rings is 2. The topological polar surface area (TPSA) is 58.8 Å². The van der Waals surface area contributed by atoms with Crippen LogP contribution in [0.2, 0.25) is 5.15 Å². The fourth-order valence-electron chi connectivity index (χ4n) is 1.37. The highest BCUT2D eigenvalue weighted by Crippen LogP contribution is 2.10. The minimum atomic E-state index is -1.26. The Balaban J connectivity index is 2.96. The molecular weight excluding hydrogens is 218 g/mol. The van der Waals surface area contributed by atoms with Crippen molar-refractivity contribution in [3.05, 3.63) is 51.4 Å². The lowest BCUT2D eigenvalue weighted by Gasteiger charge is -2.03. The van der Waals surface area contributed by atoms with Crippen LogP contribution in [0.4, 0.5) is 0 Å². The van der Waals surface area contributed by atoms with Crippen molar-refractivity contribution in [1.82, 2.24) is 4.40 Å². The second-order valence-electron chi connectivity index (χ2n) is 2.97. The van der Waals surface area contributed by atoms with Crippen molar-refractivity contribution in [3.63, 3.8) is 0 Å². The average Bonchev–Trinajstić information content (AvgIpc) is 2.17. The molecule has 2 aromatic rings. The van der Waals surface area contributed by atoms with Gasteiger partial charge in [0.2, 0.25) is 0 Å². The molecule has 0 bridgehead atoms. The summed E-state index contributed by atoms with van der Waals surface area (Å²) in [5.74, 6) is -1.26. The molecule has 5 heteroatoms. The summed E-state index contributed by atoms with van der Waals surface area (Å²) in [6.07, 6.45) is 0. The van der Waals surface area contributed by atoms with Gasteiger partial charge < -0.3 is 5.11 Å². The second kappa shape index (κ2) is 3.40. The maximum atomic E-state index is 11.7. The molecule has 0 saturated carbocycles. The van der Waals surface area contributed by atoms with Crippen molar-refractivity contribution < 1.29 is 9.90 Å². The Kier molecular flexibility index (Phi) is 2.21. The summed E-state index contributed by atoms with van der Waals surface area (Å²) in [6.45, 7) is 0. The van der Waals surface area contributed by atoms with Crippen LogP contribution in [0.15, 0.2) is 35.1 Å². The summed E-state index contributed by atoms with van der Waals surface area (Å²) in [4.78, 5) is 22.4. The van der Waals surface area contributed by atoms with Crippen LogP contribution in [0.1, 0.15) is 10.4 Å². The zero-order chi connectivity index (χ0) is 11.0. The third kappa shape index (κ3) is 1.49. The summed E-state index contributed by atoms with van der Waals surface area (Å²) >= 11 is 5.81. The monoisotopic (exact) mass is 223 g/mol. The first-order valence-electron chi connectivity index (χ1n) is 4.15. The number of aromatic carboxylic acids is 1. The number of hydrogen-bond donors (Lipinski definition) is 1. The molecule has 0 aliphatic carbocycles. The third-order valence-electron chi connectivity index (χ3n) is 2.06. The zero-order valence-electron chi connectivity index (χ0n) is 7.48. The quantitative estimate of drug-likeness (QED) is 0.748. The van der Waals surface area contributed by atoms with Crippen LogP contribution >= 0.6 is 11.6 Å². The summed E-state index contributed by atoms with van der Waals surface area (Å²) in [7, 11) is 0. The van der Waals surface area contributed by atoms with Crippen molar-refractivity contribution in [1.29, 1.82) is 0 Å². The van der Waals surface area contributed by atoms with Gasteiger partial charge in [0.25, 0.3) is 5.56 Å². The predicted molar refractivity (Wildman–Crippen MR) is 55.6 cm³/mol. The summed E-state index contributed by atoms with van der Waals surface area (Å²) in [5, 5.41) is 8.95. The van der Waals surface area contributed by atoms with Gasteiger partial charge in [0, 0.05) is 0 Å². The maximum absolute atomic E-state index is 11.7. The highest BCUT2D eigenvalue weighted by Gasteiger charge is 2.11. The van der Waals surface area contributed by atoms with Crippen LogP contribution in [-0.2, 0) is 0 Å². The number of carboxylic acids is 1. The molecular formula is C10H6ClNO3. The standard InChI is InChI=1S/C10H6ClNO3/c11-8-3-1-2-6-4-5-7(10(14)15)9(13)12(6)8/h1-5H,(H,14,15). The molecule has 4 nitrogen and oxygen atoms in total. The van der Waals surface area contributed by atoms with E-state index in [4.69, 9.17) is 16.7 Å². The van der Waals surface area contributed by atoms with E-state index in [1.807, 2.05) is 0 Å². The van der Waals surface area contributed by atoms with Crippen LogP contribution in [0.25, 0.3) is 5.52 Å². The summed E-state index contributed by atoms with van der Waals surface area (Å²) in [5.41, 5.74) is -0.344. The highest BCUT2D eigenvalue weighted by atomic mass is 35.5. The van der Waals surface area contributed by atoms with Crippen LogP contribution in [0.5, 0.6) is 0 Å². The zero-order valence-corrected chi connectivity index (χ0v) is 8.23. The molecule has 0 aliphatic heterocycles. The summed E-state index contributed by atoms with van der Waals surface area (Å²) < 4.78 is 1.16.